The van der Waals surface area contributed by atoms with E-state index in [0.717, 1.165) is 19.6 Å². The van der Waals surface area contributed by atoms with E-state index < -0.39 is 0 Å². The van der Waals surface area contributed by atoms with Gasteiger partial charge in [-0.15, -0.1) is 11.8 Å². The molecule has 2 rings (SSSR count). The second kappa shape index (κ2) is 6.41. The van der Waals surface area contributed by atoms with E-state index in [9.17, 15) is 4.39 Å². The molecule has 100 valence electrons. The number of nitrogens with two attached hydrogens (primary N) is 1. The van der Waals surface area contributed by atoms with Gasteiger partial charge in [0.05, 0.1) is 12.5 Å². The molecule has 0 amide bonds. The molecule has 0 aliphatic carbocycles. The van der Waals surface area contributed by atoms with E-state index in [1.807, 2.05) is 0 Å². The van der Waals surface area contributed by atoms with E-state index in [-0.39, 0.29) is 11.2 Å². The Kier molecular flexibility index (Phi) is 4.86. The number of hydrogen-bond acceptors (Lipinski definition) is 4. The standard InChI is InChI=1S/C13H19FN2OS/c1-17-10-4-5-11(14)12(8-10)18-13(15)9-16-6-2-3-7-16/h4-5,8,13H,2-3,6-7,9,15H2,1H3/t13-/m0/s1. The van der Waals surface area contributed by atoms with Crippen LogP contribution in [0, 0.1) is 5.82 Å². The Labute approximate surface area is 111 Å². The molecule has 1 aromatic rings. The molecule has 0 unspecified atom stereocenters. The van der Waals surface area contributed by atoms with Crippen molar-refractivity contribution in [2.24, 2.45) is 5.73 Å². The lowest BCUT2D eigenvalue weighted by molar-refractivity contribution is 0.340. The minimum Gasteiger partial charge on any atom is -0.497 e. The number of likely N-dealkylation sites (tertiary alicyclic amines) is 1. The highest BCUT2D eigenvalue weighted by molar-refractivity contribution is 8.00. The van der Waals surface area contributed by atoms with Crippen LogP contribution in [0.15, 0.2) is 23.1 Å². The number of halogens is 1. The normalized spacial score (nSPS) is 17.9. The maximum atomic E-state index is 13.6. The van der Waals surface area contributed by atoms with Gasteiger partial charge in [0.2, 0.25) is 0 Å². The summed E-state index contributed by atoms with van der Waals surface area (Å²) in [7, 11) is 1.58. The average molecular weight is 270 g/mol. The van der Waals surface area contributed by atoms with Crippen LogP contribution in [-0.2, 0) is 0 Å². The van der Waals surface area contributed by atoms with Crippen LogP contribution in [-0.4, -0.2) is 37.0 Å². The molecule has 0 bridgehead atoms. The van der Waals surface area contributed by atoms with E-state index in [2.05, 4.69) is 4.90 Å². The van der Waals surface area contributed by atoms with Crippen LogP contribution in [0.1, 0.15) is 12.8 Å². The van der Waals surface area contributed by atoms with Gasteiger partial charge in [-0.2, -0.15) is 0 Å². The van der Waals surface area contributed by atoms with Crippen molar-refractivity contribution in [3.8, 4) is 5.75 Å². The van der Waals surface area contributed by atoms with Gasteiger partial charge < -0.3 is 15.4 Å². The zero-order valence-corrected chi connectivity index (χ0v) is 11.4. The number of methoxy groups -OCH3 is 1. The Bertz CT molecular complexity index is 397. The van der Waals surface area contributed by atoms with Gasteiger partial charge in [-0.3, -0.25) is 0 Å². The van der Waals surface area contributed by atoms with Crippen LogP contribution in [0.3, 0.4) is 0 Å². The van der Waals surface area contributed by atoms with Crippen LogP contribution in [0.2, 0.25) is 0 Å². The summed E-state index contributed by atoms with van der Waals surface area (Å²) in [5, 5.41) is -0.107. The molecule has 0 radical (unpaired) electrons. The van der Waals surface area contributed by atoms with Crippen molar-refractivity contribution in [3.63, 3.8) is 0 Å². The number of benzene rings is 1. The van der Waals surface area contributed by atoms with E-state index in [4.69, 9.17) is 10.5 Å². The molecular weight excluding hydrogens is 251 g/mol. The lowest BCUT2D eigenvalue weighted by Gasteiger charge is -2.20. The fraction of sp³-hybridized carbons (Fsp3) is 0.538. The maximum Gasteiger partial charge on any atom is 0.137 e. The minimum atomic E-state index is -0.238. The van der Waals surface area contributed by atoms with Crippen molar-refractivity contribution in [2.75, 3.05) is 26.7 Å². The SMILES string of the molecule is COc1ccc(F)c(S[C@H](N)CN2CCCC2)c1. The van der Waals surface area contributed by atoms with Crippen LogP contribution < -0.4 is 10.5 Å². The molecule has 1 heterocycles. The molecule has 1 atom stereocenters. The van der Waals surface area contributed by atoms with Gasteiger partial charge in [-0.1, -0.05) is 0 Å². The van der Waals surface area contributed by atoms with Crippen molar-refractivity contribution < 1.29 is 9.13 Å². The Balaban J connectivity index is 1.94. The first-order chi connectivity index (χ1) is 8.69. The molecule has 1 fully saturated rings. The molecule has 18 heavy (non-hydrogen) atoms. The largest absolute Gasteiger partial charge is 0.497 e. The van der Waals surface area contributed by atoms with E-state index in [1.54, 1.807) is 19.2 Å². The highest BCUT2D eigenvalue weighted by Crippen LogP contribution is 2.28. The van der Waals surface area contributed by atoms with Crippen molar-refractivity contribution in [2.45, 2.75) is 23.1 Å². The fourth-order valence-electron chi connectivity index (χ4n) is 2.12. The first kappa shape index (κ1) is 13.6. The van der Waals surface area contributed by atoms with E-state index in [0.29, 0.717) is 10.6 Å². The maximum absolute atomic E-state index is 13.6. The van der Waals surface area contributed by atoms with Gasteiger partial charge in [-0.25, -0.2) is 4.39 Å². The third kappa shape index (κ3) is 3.60. The average Bonchev–Trinajstić information content (AvgIpc) is 2.84. The van der Waals surface area contributed by atoms with Crippen molar-refractivity contribution >= 4 is 11.8 Å². The van der Waals surface area contributed by atoms with Crippen LogP contribution in [0.25, 0.3) is 0 Å². The summed E-state index contributed by atoms with van der Waals surface area (Å²) in [6.07, 6.45) is 2.48. The molecule has 0 saturated carbocycles. The molecule has 2 N–H and O–H groups in total. The Morgan fingerprint density at radius 2 is 2.17 bits per heavy atom. The first-order valence-corrected chi connectivity index (χ1v) is 7.05. The summed E-state index contributed by atoms with van der Waals surface area (Å²) in [6.45, 7) is 3.02. The smallest absolute Gasteiger partial charge is 0.137 e. The van der Waals surface area contributed by atoms with Crippen LogP contribution >= 0.6 is 11.8 Å². The molecule has 1 aliphatic rings. The Morgan fingerprint density at radius 1 is 1.44 bits per heavy atom. The summed E-state index contributed by atoms with van der Waals surface area (Å²) in [6, 6.07) is 4.74. The second-order valence-corrected chi connectivity index (χ2v) is 5.74. The first-order valence-electron chi connectivity index (χ1n) is 6.17. The lowest BCUT2D eigenvalue weighted by Crippen LogP contribution is -2.33. The molecular formula is C13H19FN2OS. The zero-order chi connectivity index (χ0) is 13.0. The van der Waals surface area contributed by atoms with E-state index >= 15 is 0 Å². The molecule has 1 aromatic carbocycles. The highest BCUT2D eigenvalue weighted by atomic mass is 32.2. The van der Waals surface area contributed by atoms with Crippen LogP contribution in [0.5, 0.6) is 5.75 Å². The molecule has 1 aliphatic heterocycles. The van der Waals surface area contributed by atoms with Crippen molar-refractivity contribution in [1.82, 2.24) is 4.90 Å². The minimum absolute atomic E-state index is 0.107. The summed E-state index contributed by atoms with van der Waals surface area (Å²) in [5.74, 6) is 0.421. The number of thioether (sulfide) groups is 1. The summed E-state index contributed by atoms with van der Waals surface area (Å²) in [4.78, 5) is 2.89. The summed E-state index contributed by atoms with van der Waals surface area (Å²) in [5.41, 5.74) is 6.06. The quantitative estimate of drug-likeness (QED) is 0.658. The molecule has 3 nitrogen and oxygen atoms in total. The Morgan fingerprint density at radius 3 is 2.83 bits per heavy atom. The topological polar surface area (TPSA) is 38.5 Å². The monoisotopic (exact) mass is 270 g/mol. The fourth-order valence-corrected chi connectivity index (χ4v) is 3.10. The predicted molar refractivity (Wildman–Crippen MR) is 72.5 cm³/mol. The summed E-state index contributed by atoms with van der Waals surface area (Å²) >= 11 is 1.37. The van der Waals surface area contributed by atoms with Gasteiger partial charge >= 0.3 is 0 Å². The van der Waals surface area contributed by atoms with Gasteiger partial charge in [0.25, 0.3) is 0 Å². The molecule has 0 spiro atoms. The third-order valence-electron chi connectivity index (χ3n) is 3.05. The predicted octanol–water partition coefficient (Wildman–Crippen LogP) is 2.31. The van der Waals surface area contributed by atoms with Gasteiger partial charge in [0.15, 0.2) is 0 Å². The lowest BCUT2D eigenvalue weighted by atomic mass is 10.3. The number of ether oxygens (including phenoxy) is 1. The Hall–Kier alpha value is -0.780. The number of nitrogens with zero attached hydrogens (tertiary/aromatic N) is 1. The highest BCUT2D eigenvalue weighted by Gasteiger charge is 2.17. The molecule has 1 saturated heterocycles. The molecule has 5 heteroatoms. The van der Waals surface area contributed by atoms with Crippen molar-refractivity contribution in [1.29, 1.82) is 0 Å². The van der Waals surface area contributed by atoms with Gasteiger partial charge in [-0.05, 0) is 44.1 Å². The van der Waals surface area contributed by atoms with Gasteiger partial charge in [0, 0.05) is 11.4 Å². The second-order valence-electron chi connectivity index (χ2n) is 4.46. The van der Waals surface area contributed by atoms with Crippen LogP contribution in [0.4, 0.5) is 4.39 Å². The summed E-state index contributed by atoms with van der Waals surface area (Å²) < 4.78 is 18.7. The third-order valence-corrected chi connectivity index (χ3v) is 4.07. The van der Waals surface area contributed by atoms with Gasteiger partial charge in [0.1, 0.15) is 11.6 Å². The molecule has 0 aromatic heterocycles. The number of rotatable bonds is 5. The van der Waals surface area contributed by atoms with E-state index in [1.165, 1.54) is 30.7 Å². The number of hydrogen-bond donors (Lipinski definition) is 1. The van der Waals surface area contributed by atoms with Crippen molar-refractivity contribution in [3.05, 3.63) is 24.0 Å². The zero-order valence-electron chi connectivity index (χ0n) is 10.6.